The molecule has 4 aromatic heterocycles. The van der Waals surface area contributed by atoms with Gasteiger partial charge in [0.05, 0.1) is 21.8 Å². The molecule has 1 N–H and O–H groups in total. The summed E-state index contributed by atoms with van der Waals surface area (Å²) in [4.78, 5) is 34.9. The van der Waals surface area contributed by atoms with Crippen molar-refractivity contribution >= 4 is 21.8 Å². The number of nitrogens with one attached hydrogen (secondary N) is 1. The van der Waals surface area contributed by atoms with Gasteiger partial charge in [-0.2, -0.15) is 4.98 Å². The Morgan fingerprint density at radius 1 is 0.828 bits per heavy atom. The molecule has 1 aromatic carbocycles. The number of pyridine rings is 3. The number of rotatable bonds is 2. The number of benzene rings is 1. The highest BCUT2D eigenvalue weighted by molar-refractivity contribution is 5.91. The van der Waals surface area contributed by atoms with Crippen LogP contribution in [0.1, 0.15) is 11.4 Å². The molecule has 142 valence electrons. The Morgan fingerprint density at radius 2 is 1.52 bits per heavy atom. The minimum Gasteiger partial charge on any atom is -0.284 e. The molecule has 0 saturated carbocycles. The first-order valence-corrected chi connectivity index (χ1v) is 9.05. The van der Waals surface area contributed by atoms with Crippen molar-refractivity contribution in [1.29, 1.82) is 0 Å². The van der Waals surface area contributed by atoms with Gasteiger partial charge in [0.15, 0.2) is 0 Å². The van der Waals surface area contributed by atoms with Gasteiger partial charge in [-0.05, 0) is 49.7 Å². The summed E-state index contributed by atoms with van der Waals surface area (Å²) in [5.41, 5.74) is 2.30. The van der Waals surface area contributed by atoms with E-state index in [2.05, 4.69) is 20.2 Å². The molecule has 0 amide bonds. The SMILES string of the molecule is Cc1cccc(-n2ccc3nc4ccn(-c5n[nH]c(C)n5)c(=O)c4cc3c2=O)c1. The third-order valence-electron chi connectivity index (χ3n) is 4.82. The summed E-state index contributed by atoms with van der Waals surface area (Å²) in [5.74, 6) is 0.851. The number of H-pyrrole nitrogens is 1. The molecular formula is C21H16N6O2. The number of hydrogen-bond acceptors (Lipinski definition) is 5. The Kier molecular flexibility index (Phi) is 3.67. The van der Waals surface area contributed by atoms with Crippen molar-refractivity contribution in [2.24, 2.45) is 0 Å². The van der Waals surface area contributed by atoms with Crippen molar-refractivity contribution in [1.82, 2.24) is 29.3 Å². The average molecular weight is 384 g/mol. The largest absolute Gasteiger partial charge is 0.284 e. The van der Waals surface area contributed by atoms with Gasteiger partial charge in [-0.3, -0.25) is 19.3 Å². The molecule has 8 heteroatoms. The quantitative estimate of drug-likeness (QED) is 0.471. The molecule has 0 aliphatic rings. The van der Waals surface area contributed by atoms with E-state index in [0.717, 1.165) is 11.3 Å². The molecule has 5 rings (SSSR count). The molecule has 0 aliphatic carbocycles. The van der Waals surface area contributed by atoms with Crippen LogP contribution >= 0.6 is 0 Å². The van der Waals surface area contributed by atoms with Gasteiger partial charge in [-0.1, -0.05) is 12.1 Å². The number of aromatic nitrogens is 6. The fourth-order valence-corrected chi connectivity index (χ4v) is 3.40. The third kappa shape index (κ3) is 2.73. The van der Waals surface area contributed by atoms with Crippen LogP contribution in [0.3, 0.4) is 0 Å². The average Bonchev–Trinajstić information content (AvgIpc) is 3.14. The Morgan fingerprint density at radius 3 is 2.17 bits per heavy atom. The minimum atomic E-state index is -0.332. The summed E-state index contributed by atoms with van der Waals surface area (Å²) in [7, 11) is 0. The van der Waals surface area contributed by atoms with Crippen molar-refractivity contribution in [3.05, 3.63) is 87.0 Å². The molecule has 4 heterocycles. The third-order valence-corrected chi connectivity index (χ3v) is 4.82. The van der Waals surface area contributed by atoms with E-state index in [1.165, 1.54) is 4.57 Å². The maximum absolute atomic E-state index is 13.1. The molecule has 0 saturated heterocycles. The van der Waals surface area contributed by atoms with Crippen LogP contribution in [0.2, 0.25) is 0 Å². The highest BCUT2D eigenvalue weighted by Crippen LogP contribution is 2.16. The van der Waals surface area contributed by atoms with E-state index < -0.39 is 0 Å². The zero-order chi connectivity index (χ0) is 20.1. The molecule has 0 aliphatic heterocycles. The first-order chi connectivity index (χ1) is 14.0. The van der Waals surface area contributed by atoms with E-state index in [1.807, 2.05) is 31.2 Å². The summed E-state index contributed by atoms with van der Waals surface area (Å²) in [6.45, 7) is 3.73. The molecule has 0 fully saturated rings. The maximum Gasteiger partial charge on any atom is 0.267 e. The highest BCUT2D eigenvalue weighted by atomic mass is 16.1. The van der Waals surface area contributed by atoms with Gasteiger partial charge in [-0.25, -0.2) is 9.55 Å². The second-order valence-electron chi connectivity index (χ2n) is 6.90. The Hall–Kier alpha value is -4.07. The Bertz CT molecular complexity index is 1530. The standard InChI is InChI=1S/C21H16N6O2/c1-12-4-3-5-14(10-12)26-8-6-17-15(19(26)28)11-16-18(23-17)7-9-27(20(16)29)21-22-13(2)24-25-21/h3-11H,1-2H3,(H,22,24,25). The van der Waals surface area contributed by atoms with Crippen LogP contribution in [0.4, 0.5) is 0 Å². The molecule has 0 bridgehead atoms. The summed E-state index contributed by atoms with van der Waals surface area (Å²) in [6.07, 6.45) is 3.29. The molecular weight excluding hydrogens is 368 g/mol. The first-order valence-electron chi connectivity index (χ1n) is 9.05. The van der Waals surface area contributed by atoms with E-state index in [4.69, 9.17) is 0 Å². The van der Waals surface area contributed by atoms with Gasteiger partial charge in [-0.15, -0.1) is 5.10 Å². The topological polar surface area (TPSA) is 98.5 Å². The summed E-state index contributed by atoms with van der Waals surface area (Å²) >= 11 is 0. The van der Waals surface area contributed by atoms with Gasteiger partial charge in [0, 0.05) is 18.1 Å². The fraction of sp³-hybridized carbons (Fsp3) is 0.0952. The van der Waals surface area contributed by atoms with E-state index in [1.54, 1.807) is 42.1 Å². The lowest BCUT2D eigenvalue weighted by Gasteiger charge is -2.09. The fourth-order valence-electron chi connectivity index (χ4n) is 3.40. The van der Waals surface area contributed by atoms with Crippen molar-refractivity contribution in [2.75, 3.05) is 0 Å². The van der Waals surface area contributed by atoms with E-state index in [-0.39, 0.29) is 17.1 Å². The van der Waals surface area contributed by atoms with Gasteiger partial charge in [0.1, 0.15) is 5.82 Å². The predicted molar refractivity (Wildman–Crippen MR) is 110 cm³/mol. The highest BCUT2D eigenvalue weighted by Gasteiger charge is 2.13. The normalized spacial score (nSPS) is 11.4. The van der Waals surface area contributed by atoms with Gasteiger partial charge < -0.3 is 0 Å². The predicted octanol–water partition coefficient (Wildman–Crippen LogP) is 2.42. The molecule has 0 atom stereocenters. The van der Waals surface area contributed by atoms with E-state index >= 15 is 0 Å². The Balaban J connectivity index is 1.78. The number of aryl methyl sites for hydroxylation is 2. The van der Waals surface area contributed by atoms with Gasteiger partial charge in [0.2, 0.25) is 0 Å². The molecule has 29 heavy (non-hydrogen) atoms. The van der Waals surface area contributed by atoms with E-state index in [9.17, 15) is 9.59 Å². The zero-order valence-electron chi connectivity index (χ0n) is 15.7. The van der Waals surface area contributed by atoms with Crippen molar-refractivity contribution < 1.29 is 0 Å². The first kappa shape index (κ1) is 17.1. The van der Waals surface area contributed by atoms with Crippen molar-refractivity contribution in [2.45, 2.75) is 13.8 Å². The minimum absolute atomic E-state index is 0.231. The Labute approximate surface area is 164 Å². The van der Waals surface area contributed by atoms with E-state index in [0.29, 0.717) is 27.6 Å². The smallest absolute Gasteiger partial charge is 0.267 e. The molecule has 5 aromatic rings. The monoisotopic (exact) mass is 384 g/mol. The lowest BCUT2D eigenvalue weighted by molar-refractivity contribution is 0.901. The molecule has 8 nitrogen and oxygen atoms in total. The van der Waals surface area contributed by atoms with Crippen LogP contribution < -0.4 is 11.1 Å². The van der Waals surface area contributed by atoms with Crippen LogP contribution in [-0.4, -0.2) is 29.3 Å². The molecule has 0 radical (unpaired) electrons. The van der Waals surface area contributed by atoms with Crippen molar-refractivity contribution in [3.8, 4) is 11.6 Å². The number of hydrogen-bond donors (Lipinski definition) is 1. The number of aromatic amines is 1. The van der Waals surface area contributed by atoms with Crippen LogP contribution in [0, 0.1) is 13.8 Å². The molecule has 0 unspecified atom stereocenters. The van der Waals surface area contributed by atoms with Crippen LogP contribution in [-0.2, 0) is 0 Å². The second kappa shape index (κ2) is 6.23. The lowest BCUT2D eigenvalue weighted by Crippen LogP contribution is -2.21. The summed E-state index contributed by atoms with van der Waals surface area (Å²) in [5, 5.41) is 7.47. The number of nitrogens with zero attached hydrogens (tertiary/aromatic N) is 5. The van der Waals surface area contributed by atoms with Crippen molar-refractivity contribution in [3.63, 3.8) is 0 Å². The zero-order valence-corrected chi connectivity index (χ0v) is 15.7. The van der Waals surface area contributed by atoms with Crippen LogP contribution in [0.25, 0.3) is 33.4 Å². The summed E-state index contributed by atoms with van der Waals surface area (Å²) < 4.78 is 2.89. The lowest BCUT2D eigenvalue weighted by atomic mass is 10.1. The maximum atomic E-state index is 13.1. The van der Waals surface area contributed by atoms with Gasteiger partial charge >= 0.3 is 0 Å². The summed E-state index contributed by atoms with van der Waals surface area (Å²) in [6, 6.07) is 12.8. The number of fused-ring (bicyclic) bond motifs is 2. The van der Waals surface area contributed by atoms with Gasteiger partial charge in [0.25, 0.3) is 17.1 Å². The second-order valence-corrected chi connectivity index (χ2v) is 6.90. The van der Waals surface area contributed by atoms with Crippen LogP contribution in [0.5, 0.6) is 0 Å². The van der Waals surface area contributed by atoms with Crippen LogP contribution in [0.15, 0.2) is 64.4 Å². The molecule has 0 spiro atoms.